The first-order valence-electron chi connectivity index (χ1n) is 6.98. The van der Waals surface area contributed by atoms with Gasteiger partial charge in [0, 0.05) is 5.02 Å². The predicted molar refractivity (Wildman–Crippen MR) is 83.4 cm³/mol. The first-order chi connectivity index (χ1) is 11.5. The molecule has 0 aromatic heterocycles. The van der Waals surface area contributed by atoms with Gasteiger partial charge in [-0.3, -0.25) is 20.4 Å². The second-order valence-corrected chi connectivity index (χ2v) is 5.37. The Hall–Kier alpha value is -2.80. The minimum Gasteiger partial charge on any atom is -0.485 e. The highest BCUT2D eigenvalue weighted by molar-refractivity contribution is 6.31. The number of carbonyl (C=O) groups is 2. The van der Waals surface area contributed by atoms with E-state index < -0.39 is 23.7 Å². The van der Waals surface area contributed by atoms with E-state index in [1.807, 2.05) is 0 Å². The summed E-state index contributed by atoms with van der Waals surface area (Å²) < 4.78 is 24.5. The maximum atomic E-state index is 13.6. The Morgan fingerprint density at radius 2 is 1.88 bits per heavy atom. The van der Waals surface area contributed by atoms with Crippen molar-refractivity contribution >= 4 is 23.4 Å². The van der Waals surface area contributed by atoms with Gasteiger partial charge in [-0.25, -0.2) is 4.39 Å². The van der Waals surface area contributed by atoms with Crippen LogP contribution in [0.25, 0.3) is 0 Å². The summed E-state index contributed by atoms with van der Waals surface area (Å²) in [6.07, 6.45) is -0.940. The van der Waals surface area contributed by atoms with Crippen LogP contribution >= 0.6 is 11.6 Å². The molecule has 0 unspecified atom stereocenters. The third kappa shape index (κ3) is 3.41. The summed E-state index contributed by atoms with van der Waals surface area (Å²) in [5.41, 5.74) is 4.01. The number of para-hydroxylation sites is 2. The molecule has 1 aliphatic rings. The van der Waals surface area contributed by atoms with Crippen LogP contribution in [-0.2, 0) is 4.79 Å². The Balaban J connectivity index is 1.60. The second-order valence-electron chi connectivity index (χ2n) is 4.93. The molecule has 2 N–H and O–H groups in total. The molecule has 1 atom stereocenters. The number of fused-ring (bicyclic) bond motifs is 1. The average molecular weight is 351 g/mol. The van der Waals surface area contributed by atoms with E-state index >= 15 is 0 Å². The fraction of sp³-hybridized carbons (Fsp3) is 0.125. The summed E-state index contributed by atoms with van der Waals surface area (Å²) in [7, 11) is 0. The smallest absolute Gasteiger partial charge is 0.283 e. The molecule has 0 bridgehead atoms. The highest BCUT2D eigenvalue weighted by atomic mass is 35.5. The number of rotatable bonds is 2. The van der Waals surface area contributed by atoms with Crippen molar-refractivity contribution in [3.05, 3.63) is 58.9 Å². The Morgan fingerprint density at radius 1 is 1.12 bits per heavy atom. The van der Waals surface area contributed by atoms with Gasteiger partial charge in [-0.1, -0.05) is 23.7 Å². The molecule has 1 heterocycles. The lowest BCUT2D eigenvalue weighted by molar-refractivity contribution is -0.131. The molecular formula is C16H12ClFN2O4. The monoisotopic (exact) mass is 350 g/mol. The van der Waals surface area contributed by atoms with Crippen molar-refractivity contribution in [2.75, 3.05) is 6.61 Å². The number of hydrogen-bond acceptors (Lipinski definition) is 4. The normalized spacial score (nSPS) is 15.5. The number of hydrazine groups is 1. The molecule has 6 nitrogen and oxygen atoms in total. The standard InChI is InChI=1S/C16H12ClFN2O4/c17-9-5-6-11(18)10(7-9)15(21)19-20-16(22)14-8-23-12-3-1-2-4-13(12)24-14/h1-7,14H,8H2,(H,19,21)(H,20,22)/t14-/m0/s1. The van der Waals surface area contributed by atoms with Gasteiger partial charge in [-0.2, -0.15) is 0 Å². The molecular weight excluding hydrogens is 339 g/mol. The van der Waals surface area contributed by atoms with Gasteiger partial charge in [0.1, 0.15) is 12.4 Å². The summed E-state index contributed by atoms with van der Waals surface area (Å²) >= 11 is 5.72. The van der Waals surface area contributed by atoms with Crippen LogP contribution < -0.4 is 20.3 Å². The van der Waals surface area contributed by atoms with Crippen molar-refractivity contribution in [3.63, 3.8) is 0 Å². The molecule has 2 aromatic rings. The number of amides is 2. The van der Waals surface area contributed by atoms with Crippen molar-refractivity contribution < 1.29 is 23.5 Å². The zero-order valence-corrected chi connectivity index (χ0v) is 13.0. The van der Waals surface area contributed by atoms with Crippen LogP contribution in [0.15, 0.2) is 42.5 Å². The third-order valence-electron chi connectivity index (χ3n) is 3.27. The fourth-order valence-electron chi connectivity index (χ4n) is 2.09. The number of benzene rings is 2. The molecule has 3 rings (SSSR count). The van der Waals surface area contributed by atoms with Crippen LogP contribution in [0.1, 0.15) is 10.4 Å². The van der Waals surface area contributed by atoms with Gasteiger partial charge >= 0.3 is 0 Å². The van der Waals surface area contributed by atoms with Crippen molar-refractivity contribution in [1.29, 1.82) is 0 Å². The zero-order valence-electron chi connectivity index (χ0n) is 12.2. The Morgan fingerprint density at radius 3 is 2.67 bits per heavy atom. The second kappa shape index (κ2) is 6.76. The average Bonchev–Trinajstić information content (AvgIpc) is 2.61. The molecule has 24 heavy (non-hydrogen) atoms. The van der Waals surface area contributed by atoms with Gasteiger partial charge in [-0.05, 0) is 30.3 Å². The molecule has 0 aliphatic carbocycles. The van der Waals surface area contributed by atoms with Crippen LogP contribution in [0.5, 0.6) is 11.5 Å². The minimum atomic E-state index is -0.940. The number of carbonyl (C=O) groups excluding carboxylic acids is 2. The molecule has 0 spiro atoms. The van der Waals surface area contributed by atoms with Crippen LogP contribution in [0.2, 0.25) is 5.02 Å². The van der Waals surface area contributed by atoms with E-state index in [0.29, 0.717) is 11.5 Å². The SMILES string of the molecule is O=C(NNC(=O)[C@@H]1COc2ccccc2O1)c1cc(Cl)ccc1F. The molecule has 0 radical (unpaired) electrons. The van der Waals surface area contributed by atoms with E-state index in [4.69, 9.17) is 21.1 Å². The van der Waals surface area contributed by atoms with E-state index in [1.54, 1.807) is 24.3 Å². The summed E-state index contributed by atoms with van der Waals surface area (Å²) in [6.45, 7) is -0.00968. The van der Waals surface area contributed by atoms with Gasteiger partial charge in [-0.15, -0.1) is 0 Å². The Bertz CT molecular complexity index is 799. The molecule has 2 aromatic carbocycles. The fourth-order valence-corrected chi connectivity index (χ4v) is 2.26. The van der Waals surface area contributed by atoms with Gasteiger partial charge in [0.05, 0.1) is 5.56 Å². The van der Waals surface area contributed by atoms with Crippen LogP contribution in [-0.4, -0.2) is 24.5 Å². The first kappa shape index (κ1) is 16.1. The van der Waals surface area contributed by atoms with E-state index in [9.17, 15) is 14.0 Å². The number of hydrogen-bond donors (Lipinski definition) is 2. The summed E-state index contributed by atoms with van der Waals surface area (Å²) in [4.78, 5) is 24.0. The number of halogens is 2. The zero-order chi connectivity index (χ0) is 17.1. The van der Waals surface area contributed by atoms with Crippen molar-refractivity contribution in [3.8, 4) is 11.5 Å². The molecule has 2 amide bonds. The van der Waals surface area contributed by atoms with Gasteiger partial charge < -0.3 is 9.47 Å². The molecule has 124 valence electrons. The number of nitrogens with one attached hydrogen (secondary N) is 2. The van der Waals surface area contributed by atoms with Crippen LogP contribution in [0, 0.1) is 5.82 Å². The van der Waals surface area contributed by atoms with Crippen LogP contribution in [0.4, 0.5) is 4.39 Å². The Kier molecular flexibility index (Phi) is 4.52. The molecule has 0 saturated carbocycles. The maximum Gasteiger partial charge on any atom is 0.283 e. The highest BCUT2D eigenvalue weighted by Gasteiger charge is 2.27. The van der Waals surface area contributed by atoms with E-state index in [0.717, 1.165) is 12.1 Å². The lowest BCUT2D eigenvalue weighted by Gasteiger charge is -2.25. The molecule has 8 heteroatoms. The topological polar surface area (TPSA) is 76.7 Å². The van der Waals surface area contributed by atoms with E-state index in [1.165, 1.54) is 6.07 Å². The highest BCUT2D eigenvalue weighted by Crippen LogP contribution is 2.30. The Labute approximate surface area is 141 Å². The largest absolute Gasteiger partial charge is 0.485 e. The van der Waals surface area contributed by atoms with Gasteiger partial charge in [0.2, 0.25) is 6.10 Å². The third-order valence-corrected chi connectivity index (χ3v) is 3.51. The summed E-state index contributed by atoms with van der Waals surface area (Å²) in [6, 6.07) is 10.4. The molecule has 0 fully saturated rings. The first-order valence-corrected chi connectivity index (χ1v) is 7.36. The summed E-state index contributed by atoms with van der Waals surface area (Å²) in [5, 5.41) is 0.202. The predicted octanol–water partition coefficient (Wildman–Crippen LogP) is 2.08. The maximum absolute atomic E-state index is 13.6. The van der Waals surface area contributed by atoms with E-state index in [-0.39, 0.29) is 17.2 Å². The number of ether oxygens (including phenoxy) is 2. The molecule has 1 aliphatic heterocycles. The molecule has 0 saturated heterocycles. The lowest BCUT2D eigenvalue weighted by atomic mass is 10.2. The van der Waals surface area contributed by atoms with Crippen LogP contribution in [0.3, 0.4) is 0 Å². The van der Waals surface area contributed by atoms with Gasteiger partial charge in [0.25, 0.3) is 11.8 Å². The summed E-state index contributed by atoms with van der Waals surface area (Å²) in [5.74, 6) is -1.25. The van der Waals surface area contributed by atoms with Crippen molar-refractivity contribution in [2.45, 2.75) is 6.10 Å². The minimum absolute atomic E-state index is 0.00968. The van der Waals surface area contributed by atoms with E-state index in [2.05, 4.69) is 10.9 Å². The van der Waals surface area contributed by atoms with Crippen molar-refractivity contribution in [1.82, 2.24) is 10.9 Å². The van der Waals surface area contributed by atoms with Gasteiger partial charge in [0.15, 0.2) is 11.5 Å². The quantitative estimate of drug-likeness (QED) is 0.813. The lowest BCUT2D eigenvalue weighted by Crippen LogP contribution is -2.51. The van der Waals surface area contributed by atoms with Crippen molar-refractivity contribution in [2.24, 2.45) is 0 Å².